The molecule has 0 aliphatic heterocycles. The van der Waals surface area contributed by atoms with E-state index in [1.165, 1.54) is 11.8 Å². The number of aryl methyl sites for hydroxylation is 1. The Bertz CT molecular complexity index is 437. The molecule has 0 aliphatic rings. The van der Waals surface area contributed by atoms with E-state index in [0.717, 1.165) is 5.03 Å². The van der Waals surface area contributed by atoms with E-state index in [-0.39, 0.29) is 6.61 Å². The molecule has 7 heteroatoms. The molecule has 0 aromatic carbocycles. The topological polar surface area (TPSA) is 81.2 Å². The van der Waals surface area contributed by atoms with Crippen molar-refractivity contribution >= 4 is 29.5 Å². The maximum absolute atomic E-state index is 11.4. The third kappa shape index (κ3) is 4.03. The van der Waals surface area contributed by atoms with Crippen molar-refractivity contribution in [2.75, 3.05) is 18.2 Å². The second-order valence-corrected chi connectivity index (χ2v) is 3.84. The van der Waals surface area contributed by atoms with Gasteiger partial charge in [0.1, 0.15) is 16.7 Å². The minimum absolute atomic E-state index is 0.158. The highest BCUT2D eigenvalue weighted by molar-refractivity contribution is 7.98. The van der Waals surface area contributed by atoms with Crippen LogP contribution in [0.5, 0.6) is 0 Å². The lowest BCUT2D eigenvalue weighted by Crippen LogP contribution is -2.25. The molecule has 17 heavy (non-hydrogen) atoms. The van der Waals surface area contributed by atoms with E-state index < -0.39 is 11.9 Å². The molecule has 0 fully saturated rings. The van der Waals surface area contributed by atoms with Gasteiger partial charge in [0.2, 0.25) is 0 Å². The number of rotatable bonds is 3. The molecular weight excluding hydrogens is 242 g/mol. The molecule has 0 saturated carbocycles. The quantitative estimate of drug-likeness (QED) is 0.376. The highest BCUT2D eigenvalue weighted by Gasteiger charge is 2.15. The van der Waals surface area contributed by atoms with Crippen molar-refractivity contribution in [1.82, 2.24) is 9.97 Å². The smallest absolute Gasteiger partial charge is 0.397 e. The van der Waals surface area contributed by atoms with Gasteiger partial charge in [-0.3, -0.25) is 4.79 Å². The zero-order chi connectivity index (χ0) is 12.8. The number of hydrogen-bond donors (Lipinski definition) is 1. The summed E-state index contributed by atoms with van der Waals surface area (Å²) in [7, 11) is 0. The van der Waals surface area contributed by atoms with Gasteiger partial charge in [-0.1, -0.05) is 0 Å². The first-order valence-corrected chi connectivity index (χ1v) is 6.17. The number of thioether (sulfide) groups is 1. The van der Waals surface area contributed by atoms with Crippen LogP contribution in [0, 0.1) is 6.92 Å². The maximum Gasteiger partial charge on any atom is 0.397 e. The van der Waals surface area contributed by atoms with Crippen LogP contribution in [-0.2, 0) is 14.3 Å². The molecule has 0 aliphatic carbocycles. The summed E-state index contributed by atoms with van der Waals surface area (Å²) in [4.78, 5) is 30.6. The predicted octanol–water partition coefficient (Wildman–Crippen LogP) is 1.01. The fourth-order valence-corrected chi connectivity index (χ4v) is 1.53. The standard InChI is InChI=1S/C10H13N3O3S/c1-4-16-10(15)9(14)13-7-5-8(17-3)12-6(2)11-7/h5H,4H2,1-3H3,(H,11,12,13,14). The van der Waals surface area contributed by atoms with Gasteiger partial charge in [0.25, 0.3) is 0 Å². The van der Waals surface area contributed by atoms with Crippen molar-refractivity contribution in [2.24, 2.45) is 0 Å². The molecule has 0 spiro atoms. The summed E-state index contributed by atoms with van der Waals surface area (Å²) in [6.45, 7) is 3.50. The minimum atomic E-state index is -0.922. The molecule has 0 unspecified atom stereocenters. The molecule has 0 bridgehead atoms. The van der Waals surface area contributed by atoms with Crippen molar-refractivity contribution in [3.05, 3.63) is 11.9 Å². The summed E-state index contributed by atoms with van der Waals surface area (Å²) in [5, 5.41) is 3.08. The average Bonchev–Trinajstić information content (AvgIpc) is 2.28. The van der Waals surface area contributed by atoms with E-state index in [0.29, 0.717) is 11.6 Å². The number of hydrogen-bond acceptors (Lipinski definition) is 6. The second-order valence-electron chi connectivity index (χ2n) is 3.02. The van der Waals surface area contributed by atoms with Crippen LogP contribution in [0.3, 0.4) is 0 Å². The Hall–Kier alpha value is -1.63. The molecule has 92 valence electrons. The van der Waals surface area contributed by atoms with Crippen LogP contribution in [0.15, 0.2) is 11.1 Å². The van der Waals surface area contributed by atoms with Gasteiger partial charge in [-0.25, -0.2) is 14.8 Å². The number of esters is 1. The summed E-state index contributed by atoms with van der Waals surface area (Å²) in [5.41, 5.74) is 0. The number of aromatic nitrogens is 2. The van der Waals surface area contributed by atoms with E-state index >= 15 is 0 Å². The summed E-state index contributed by atoms with van der Waals surface area (Å²) < 4.78 is 4.56. The van der Waals surface area contributed by atoms with Gasteiger partial charge in [0, 0.05) is 6.07 Å². The zero-order valence-electron chi connectivity index (χ0n) is 9.81. The zero-order valence-corrected chi connectivity index (χ0v) is 10.6. The third-order valence-corrected chi connectivity index (χ3v) is 2.35. The van der Waals surface area contributed by atoms with Gasteiger partial charge in [-0.15, -0.1) is 11.8 Å². The Labute approximate surface area is 103 Å². The van der Waals surface area contributed by atoms with Gasteiger partial charge < -0.3 is 10.1 Å². The van der Waals surface area contributed by atoms with Gasteiger partial charge in [-0.2, -0.15) is 0 Å². The van der Waals surface area contributed by atoms with E-state index in [1.807, 2.05) is 6.26 Å². The molecule has 1 rings (SSSR count). The molecule has 1 aromatic heterocycles. The van der Waals surface area contributed by atoms with Gasteiger partial charge >= 0.3 is 11.9 Å². The molecule has 1 aromatic rings. The first kappa shape index (κ1) is 13.4. The SMILES string of the molecule is CCOC(=O)C(=O)Nc1cc(SC)nc(C)n1. The summed E-state index contributed by atoms with van der Waals surface area (Å²) in [6.07, 6.45) is 1.86. The number of carbonyl (C=O) groups excluding carboxylic acids is 2. The van der Waals surface area contributed by atoms with Crippen molar-refractivity contribution in [3.8, 4) is 0 Å². The fourth-order valence-electron chi connectivity index (χ4n) is 1.07. The monoisotopic (exact) mass is 255 g/mol. The van der Waals surface area contributed by atoms with Crippen molar-refractivity contribution < 1.29 is 14.3 Å². The molecule has 6 nitrogen and oxygen atoms in total. The largest absolute Gasteiger partial charge is 0.459 e. The normalized spacial score (nSPS) is 9.82. The molecule has 0 radical (unpaired) electrons. The molecule has 1 amide bonds. The Morgan fingerprint density at radius 1 is 1.47 bits per heavy atom. The number of ether oxygens (including phenoxy) is 1. The number of nitrogens with one attached hydrogen (secondary N) is 1. The Balaban J connectivity index is 2.77. The molecule has 0 saturated heterocycles. The second kappa shape index (κ2) is 6.19. The van der Waals surface area contributed by atoms with Crippen LogP contribution < -0.4 is 5.32 Å². The van der Waals surface area contributed by atoms with Crippen molar-refractivity contribution in [1.29, 1.82) is 0 Å². The summed E-state index contributed by atoms with van der Waals surface area (Å²) in [6, 6.07) is 1.59. The molecule has 1 N–H and O–H groups in total. The number of nitrogens with zero attached hydrogens (tertiary/aromatic N) is 2. The average molecular weight is 255 g/mol. The molecular formula is C10H13N3O3S. The number of carbonyl (C=O) groups is 2. The van der Waals surface area contributed by atoms with Crippen LogP contribution in [-0.4, -0.2) is 34.7 Å². The predicted molar refractivity (Wildman–Crippen MR) is 63.8 cm³/mol. The number of anilines is 1. The Morgan fingerprint density at radius 3 is 2.76 bits per heavy atom. The lowest BCUT2D eigenvalue weighted by molar-refractivity contribution is -0.152. The lowest BCUT2D eigenvalue weighted by atomic mass is 10.5. The molecule has 0 atom stereocenters. The van der Waals surface area contributed by atoms with E-state index in [1.54, 1.807) is 19.9 Å². The third-order valence-electron chi connectivity index (χ3n) is 1.73. The highest BCUT2D eigenvalue weighted by atomic mass is 32.2. The van der Waals surface area contributed by atoms with Crippen LogP contribution in [0.4, 0.5) is 5.82 Å². The minimum Gasteiger partial charge on any atom is -0.459 e. The Morgan fingerprint density at radius 2 is 2.18 bits per heavy atom. The van der Waals surface area contributed by atoms with Crippen LogP contribution in [0.2, 0.25) is 0 Å². The van der Waals surface area contributed by atoms with E-state index in [9.17, 15) is 9.59 Å². The first-order chi connectivity index (χ1) is 8.06. The lowest BCUT2D eigenvalue weighted by Gasteiger charge is -2.05. The van der Waals surface area contributed by atoms with E-state index in [2.05, 4.69) is 20.0 Å². The maximum atomic E-state index is 11.4. The van der Waals surface area contributed by atoms with Crippen LogP contribution >= 0.6 is 11.8 Å². The summed E-state index contributed by atoms with van der Waals surface area (Å²) in [5.74, 6) is -0.942. The highest BCUT2D eigenvalue weighted by Crippen LogP contribution is 2.15. The fraction of sp³-hybridized carbons (Fsp3) is 0.400. The van der Waals surface area contributed by atoms with E-state index in [4.69, 9.17) is 0 Å². The van der Waals surface area contributed by atoms with Gasteiger partial charge in [0.15, 0.2) is 0 Å². The summed E-state index contributed by atoms with van der Waals surface area (Å²) >= 11 is 1.42. The van der Waals surface area contributed by atoms with Gasteiger partial charge in [0.05, 0.1) is 6.61 Å². The van der Waals surface area contributed by atoms with Gasteiger partial charge in [-0.05, 0) is 20.1 Å². The van der Waals surface area contributed by atoms with Crippen molar-refractivity contribution in [2.45, 2.75) is 18.9 Å². The van der Waals surface area contributed by atoms with Crippen LogP contribution in [0.25, 0.3) is 0 Å². The molecule has 1 heterocycles. The first-order valence-electron chi connectivity index (χ1n) is 4.94. The van der Waals surface area contributed by atoms with Crippen molar-refractivity contribution in [3.63, 3.8) is 0 Å². The van der Waals surface area contributed by atoms with Crippen LogP contribution in [0.1, 0.15) is 12.7 Å². The Kier molecular flexibility index (Phi) is 4.89. The number of amides is 1.